The van der Waals surface area contributed by atoms with E-state index in [1.54, 1.807) is 13.8 Å². The Morgan fingerprint density at radius 1 is 1.39 bits per heavy atom. The zero-order valence-corrected chi connectivity index (χ0v) is 9.82. The number of esters is 1. The molecule has 2 atom stereocenters. The number of rotatable bonds is 4. The third-order valence-corrected chi connectivity index (χ3v) is 2.99. The predicted molar refractivity (Wildman–Crippen MR) is 54.6 cm³/mol. The number of carboxylic acid groups (broad SMARTS) is 1. The number of hydrogen-bond donors (Lipinski definition) is 1. The van der Waals surface area contributed by atoms with Crippen molar-refractivity contribution in [2.75, 3.05) is 6.61 Å². The van der Waals surface area contributed by atoms with Gasteiger partial charge in [-0.3, -0.25) is 4.79 Å². The molecule has 1 aliphatic carbocycles. The summed E-state index contributed by atoms with van der Waals surface area (Å²) in [5, 5.41) is 8.84. The first kappa shape index (κ1) is 14.5. The number of carbonyl (C=O) groups is 2. The van der Waals surface area contributed by atoms with Gasteiger partial charge in [-0.25, -0.2) is 4.79 Å². The van der Waals surface area contributed by atoms with Crippen molar-refractivity contribution >= 4 is 11.9 Å². The van der Waals surface area contributed by atoms with Crippen LogP contribution in [0.25, 0.3) is 0 Å². The van der Waals surface area contributed by atoms with Gasteiger partial charge in [-0.05, 0) is 11.3 Å². The second-order valence-corrected chi connectivity index (χ2v) is 4.75. The Bertz CT molecular complexity index is 384. The van der Waals surface area contributed by atoms with E-state index in [-0.39, 0.29) is 5.92 Å². The highest BCUT2D eigenvalue weighted by atomic mass is 19.4. The molecule has 1 saturated carbocycles. The molecule has 0 aromatic heterocycles. The molecule has 2 unspecified atom stereocenters. The smallest absolute Gasteiger partial charge is 0.422 e. The molecule has 102 valence electrons. The Kier molecular flexibility index (Phi) is 3.73. The molecular formula is C11H13F3O4. The predicted octanol–water partition coefficient (Wildman–Crippen LogP) is 2.00. The Morgan fingerprint density at radius 3 is 2.33 bits per heavy atom. The molecule has 0 spiro atoms. The largest absolute Gasteiger partial charge is 0.481 e. The van der Waals surface area contributed by atoms with Crippen LogP contribution in [0.1, 0.15) is 13.8 Å². The van der Waals surface area contributed by atoms with E-state index < -0.39 is 36.1 Å². The third kappa shape index (κ3) is 3.48. The molecule has 0 aromatic carbocycles. The Labute approximate surface area is 101 Å². The van der Waals surface area contributed by atoms with Crippen molar-refractivity contribution in [3.63, 3.8) is 0 Å². The number of ether oxygens (including phenoxy) is 1. The van der Waals surface area contributed by atoms with Gasteiger partial charge in [0.2, 0.25) is 0 Å². The fourth-order valence-electron chi connectivity index (χ4n) is 1.89. The highest BCUT2D eigenvalue weighted by Gasteiger charge is 2.60. The first-order chi connectivity index (χ1) is 8.05. The van der Waals surface area contributed by atoms with Crippen molar-refractivity contribution in [1.29, 1.82) is 0 Å². The molecule has 1 N–H and O–H groups in total. The molecule has 4 nitrogen and oxygen atoms in total. The summed E-state index contributed by atoms with van der Waals surface area (Å²) in [6.07, 6.45) is -2.43. The summed E-state index contributed by atoms with van der Waals surface area (Å²) in [4.78, 5) is 21.7. The molecule has 1 rings (SSSR count). The van der Waals surface area contributed by atoms with Gasteiger partial charge in [0.1, 0.15) is 0 Å². The molecule has 0 aromatic rings. The maximum Gasteiger partial charge on any atom is 0.422 e. The average Bonchev–Trinajstić information content (AvgIpc) is 2.73. The molecule has 7 heteroatoms. The van der Waals surface area contributed by atoms with Crippen LogP contribution in [-0.4, -0.2) is 29.8 Å². The quantitative estimate of drug-likeness (QED) is 0.624. The maximum absolute atomic E-state index is 11.7. The van der Waals surface area contributed by atoms with Crippen molar-refractivity contribution in [1.82, 2.24) is 0 Å². The lowest BCUT2D eigenvalue weighted by Crippen LogP contribution is -2.19. The van der Waals surface area contributed by atoms with Crippen molar-refractivity contribution in [3.8, 4) is 0 Å². The van der Waals surface area contributed by atoms with E-state index in [9.17, 15) is 22.8 Å². The third-order valence-electron chi connectivity index (χ3n) is 2.99. The van der Waals surface area contributed by atoms with Crippen molar-refractivity contribution < 1.29 is 32.6 Å². The van der Waals surface area contributed by atoms with Crippen LogP contribution in [0, 0.1) is 17.3 Å². The van der Waals surface area contributed by atoms with Gasteiger partial charge in [0.15, 0.2) is 6.61 Å². The molecule has 1 aliphatic rings. The van der Waals surface area contributed by atoms with E-state index in [1.165, 1.54) is 6.08 Å². The molecule has 18 heavy (non-hydrogen) atoms. The lowest BCUT2D eigenvalue weighted by molar-refractivity contribution is -0.182. The Balaban J connectivity index is 2.47. The number of hydrogen-bond acceptors (Lipinski definition) is 3. The van der Waals surface area contributed by atoms with E-state index in [2.05, 4.69) is 4.74 Å². The monoisotopic (exact) mass is 266 g/mol. The second kappa shape index (κ2) is 4.62. The van der Waals surface area contributed by atoms with Crippen LogP contribution < -0.4 is 0 Å². The van der Waals surface area contributed by atoms with Crippen LogP contribution >= 0.6 is 0 Å². The molecule has 0 amide bonds. The van der Waals surface area contributed by atoms with Gasteiger partial charge in [0.05, 0.1) is 5.92 Å². The highest BCUT2D eigenvalue weighted by Crippen LogP contribution is 2.58. The summed E-state index contributed by atoms with van der Waals surface area (Å²) in [5.74, 6) is -3.10. The van der Waals surface area contributed by atoms with Crippen LogP contribution in [0.5, 0.6) is 0 Å². The van der Waals surface area contributed by atoms with E-state index >= 15 is 0 Å². The minimum Gasteiger partial charge on any atom is -0.481 e. The van der Waals surface area contributed by atoms with E-state index in [1.807, 2.05) is 0 Å². The van der Waals surface area contributed by atoms with Crippen LogP contribution in [0.15, 0.2) is 12.2 Å². The number of allylic oxidation sites excluding steroid dienone is 1. The van der Waals surface area contributed by atoms with Crippen LogP contribution in [-0.2, 0) is 14.3 Å². The fraction of sp³-hybridized carbons (Fsp3) is 0.636. The number of alkyl halides is 3. The van der Waals surface area contributed by atoms with Gasteiger partial charge in [0, 0.05) is 6.08 Å². The summed E-state index contributed by atoms with van der Waals surface area (Å²) in [7, 11) is 0. The number of carboxylic acids is 1. The molecule has 0 saturated heterocycles. The minimum atomic E-state index is -4.56. The number of halogens is 3. The van der Waals surface area contributed by atoms with Crippen LogP contribution in [0.2, 0.25) is 0 Å². The minimum absolute atomic E-state index is 0.367. The van der Waals surface area contributed by atoms with Gasteiger partial charge in [-0.15, -0.1) is 0 Å². The first-order valence-corrected chi connectivity index (χ1v) is 5.20. The number of aliphatic carboxylic acids is 1. The highest BCUT2D eigenvalue weighted by molar-refractivity contribution is 5.83. The van der Waals surface area contributed by atoms with Crippen molar-refractivity contribution in [2.45, 2.75) is 20.0 Å². The van der Waals surface area contributed by atoms with E-state index in [0.29, 0.717) is 0 Å². The SMILES string of the molecule is CC1(C)C(C=CC(=O)OCC(F)(F)F)C1C(=O)O. The van der Waals surface area contributed by atoms with Gasteiger partial charge >= 0.3 is 18.1 Å². The Hall–Kier alpha value is -1.53. The van der Waals surface area contributed by atoms with Crippen LogP contribution in [0.3, 0.4) is 0 Å². The summed E-state index contributed by atoms with van der Waals surface area (Å²) < 4.78 is 39.2. The van der Waals surface area contributed by atoms with E-state index in [0.717, 1.165) is 6.08 Å². The van der Waals surface area contributed by atoms with Gasteiger partial charge < -0.3 is 9.84 Å². The molecule has 0 radical (unpaired) electrons. The number of carbonyl (C=O) groups excluding carboxylic acids is 1. The molecular weight excluding hydrogens is 253 g/mol. The second-order valence-electron chi connectivity index (χ2n) is 4.75. The topological polar surface area (TPSA) is 63.6 Å². The maximum atomic E-state index is 11.7. The van der Waals surface area contributed by atoms with Crippen molar-refractivity contribution in [2.24, 2.45) is 17.3 Å². The summed E-state index contributed by atoms with van der Waals surface area (Å²) in [5.41, 5.74) is -0.493. The Morgan fingerprint density at radius 2 is 1.94 bits per heavy atom. The molecule has 0 heterocycles. The molecule has 1 fully saturated rings. The summed E-state index contributed by atoms with van der Waals surface area (Å²) in [6, 6.07) is 0. The summed E-state index contributed by atoms with van der Waals surface area (Å²) >= 11 is 0. The molecule has 0 bridgehead atoms. The first-order valence-electron chi connectivity index (χ1n) is 5.20. The average molecular weight is 266 g/mol. The van der Waals surface area contributed by atoms with E-state index in [4.69, 9.17) is 5.11 Å². The fourth-order valence-corrected chi connectivity index (χ4v) is 1.89. The van der Waals surface area contributed by atoms with Gasteiger partial charge in [0.25, 0.3) is 0 Å². The zero-order chi connectivity index (χ0) is 14.1. The van der Waals surface area contributed by atoms with Gasteiger partial charge in [-0.2, -0.15) is 13.2 Å². The zero-order valence-electron chi connectivity index (χ0n) is 9.82. The molecule has 0 aliphatic heterocycles. The lowest BCUT2D eigenvalue weighted by atomic mass is 10.1. The standard InChI is InChI=1S/C11H13F3O4/c1-10(2)6(8(10)9(16)17)3-4-7(15)18-5-11(12,13)14/h3-4,6,8H,5H2,1-2H3,(H,16,17). The lowest BCUT2D eigenvalue weighted by Gasteiger charge is -2.05. The summed E-state index contributed by atoms with van der Waals surface area (Å²) in [6.45, 7) is 1.77. The normalized spacial score (nSPS) is 26.1. The van der Waals surface area contributed by atoms with Crippen molar-refractivity contribution in [3.05, 3.63) is 12.2 Å². The van der Waals surface area contributed by atoms with Gasteiger partial charge in [-0.1, -0.05) is 19.9 Å². The van der Waals surface area contributed by atoms with Crippen LogP contribution in [0.4, 0.5) is 13.2 Å².